The number of rotatable bonds is 3. The maximum atomic E-state index is 10.7. The van der Waals surface area contributed by atoms with Crippen molar-refractivity contribution >= 4 is 11.6 Å². The highest BCUT2D eigenvalue weighted by Crippen LogP contribution is 2.41. The Hall–Kier alpha value is -0.810. The van der Waals surface area contributed by atoms with E-state index in [1.807, 2.05) is 6.07 Å². The van der Waals surface area contributed by atoms with Crippen molar-refractivity contribution < 1.29 is 19.3 Å². The number of aliphatic hydroxyl groups excluding tert-OH is 1. The molecular formula is C16H21ClO4. The first-order chi connectivity index (χ1) is 10.1. The summed E-state index contributed by atoms with van der Waals surface area (Å²) >= 11 is 6.15. The van der Waals surface area contributed by atoms with Gasteiger partial charge in [0, 0.05) is 19.6 Å². The van der Waals surface area contributed by atoms with Gasteiger partial charge in [0.1, 0.15) is 5.75 Å². The lowest BCUT2D eigenvalue weighted by atomic mass is 9.80. The number of hydrogen-bond donors (Lipinski definition) is 1. The molecule has 2 fully saturated rings. The van der Waals surface area contributed by atoms with E-state index in [0.717, 1.165) is 31.4 Å². The van der Waals surface area contributed by atoms with Crippen LogP contribution in [0.15, 0.2) is 18.2 Å². The lowest BCUT2D eigenvalue weighted by molar-refractivity contribution is -0.117. The zero-order valence-electron chi connectivity index (χ0n) is 12.2. The van der Waals surface area contributed by atoms with E-state index in [1.165, 1.54) is 0 Å². The van der Waals surface area contributed by atoms with E-state index in [-0.39, 0.29) is 11.5 Å². The number of hydrogen-bond acceptors (Lipinski definition) is 4. The Bertz CT molecular complexity index is 499. The van der Waals surface area contributed by atoms with Crippen molar-refractivity contribution in [2.45, 2.75) is 31.0 Å². The van der Waals surface area contributed by atoms with Gasteiger partial charge in [-0.1, -0.05) is 17.7 Å². The summed E-state index contributed by atoms with van der Waals surface area (Å²) in [6.07, 6.45) is 2.07. The fraction of sp³-hybridized carbons (Fsp3) is 0.625. The number of methoxy groups -OCH3 is 1. The van der Waals surface area contributed by atoms with E-state index in [2.05, 4.69) is 0 Å². The Morgan fingerprint density at radius 2 is 2.29 bits per heavy atom. The van der Waals surface area contributed by atoms with Crippen molar-refractivity contribution in [2.24, 2.45) is 5.92 Å². The normalized spacial score (nSPS) is 30.5. The van der Waals surface area contributed by atoms with Gasteiger partial charge in [0.15, 0.2) is 0 Å². The molecule has 1 aromatic carbocycles. The Morgan fingerprint density at radius 3 is 2.95 bits per heavy atom. The maximum Gasteiger partial charge on any atom is 0.137 e. The predicted octanol–water partition coefficient (Wildman–Crippen LogP) is 2.97. The number of halogens is 1. The molecule has 0 aliphatic carbocycles. The molecule has 0 saturated carbocycles. The van der Waals surface area contributed by atoms with Gasteiger partial charge in [-0.05, 0) is 36.5 Å². The first kappa shape index (κ1) is 15.1. The molecule has 116 valence electrons. The van der Waals surface area contributed by atoms with Crippen LogP contribution >= 0.6 is 11.6 Å². The summed E-state index contributed by atoms with van der Waals surface area (Å²) in [6, 6.07) is 5.47. The van der Waals surface area contributed by atoms with Gasteiger partial charge in [0.2, 0.25) is 0 Å². The van der Waals surface area contributed by atoms with Crippen molar-refractivity contribution in [3.63, 3.8) is 0 Å². The molecule has 2 aliphatic rings. The summed E-state index contributed by atoms with van der Waals surface area (Å²) in [7, 11) is 1.58. The van der Waals surface area contributed by atoms with E-state index < -0.39 is 6.10 Å². The smallest absolute Gasteiger partial charge is 0.137 e. The average molecular weight is 313 g/mol. The first-order valence-corrected chi connectivity index (χ1v) is 7.74. The highest BCUT2D eigenvalue weighted by atomic mass is 35.5. The van der Waals surface area contributed by atoms with E-state index in [1.54, 1.807) is 19.2 Å². The summed E-state index contributed by atoms with van der Waals surface area (Å²) in [5.74, 6) is 0.796. The van der Waals surface area contributed by atoms with Gasteiger partial charge < -0.3 is 19.3 Å². The summed E-state index contributed by atoms with van der Waals surface area (Å²) < 4.78 is 16.5. The third-order valence-corrected chi connectivity index (χ3v) is 4.86. The number of benzene rings is 1. The Balaban J connectivity index is 1.75. The van der Waals surface area contributed by atoms with Gasteiger partial charge in [-0.15, -0.1) is 0 Å². The monoisotopic (exact) mass is 312 g/mol. The van der Waals surface area contributed by atoms with Gasteiger partial charge >= 0.3 is 0 Å². The number of aliphatic hydroxyl groups is 1. The second-order valence-electron chi connectivity index (χ2n) is 5.93. The van der Waals surface area contributed by atoms with Gasteiger partial charge in [0.05, 0.1) is 30.4 Å². The molecule has 3 rings (SSSR count). The summed E-state index contributed by atoms with van der Waals surface area (Å²) in [5, 5.41) is 11.2. The largest absolute Gasteiger partial charge is 0.495 e. The molecule has 3 atom stereocenters. The minimum atomic E-state index is -0.533. The second kappa shape index (κ2) is 6.13. The molecule has 0 bridgehead atoms. The SMILES string of the molecule is COc1ccc(C(O)C2CCOC3(CCOC3)C2)cc1Cl. The van der Waals surface area contributed by atoms with Gasteiger partial charge in [0.25, 0.3) is 0 Å². The lowest BCUT2D eigenvalue weighted by Crippen LogP contribution is -2.41. The second-order valence-corrected chi connectivity index (χ2v) is 6.33. The van der Waals surface area contributed by atoms with Gasteiger partial charge in [-0.2, -0.15) is 0 Å². The molecule has 2 heterocycles. The number of ether oxygens (including phenoxy) is 3. The molecule has 0 radical (unpaired) electrons. The Labute approximate surface area is 130 Å². The Morgan fingerprint density at radius 1 is 1.43 bits per heavy atom. The summed E-state index contributed by atoms with van der Waals surface area (Å²) in [5.41, 5.74) is 0.641. The zero-order valence-corrected chi connectivity index (χ0v) is 12.9. The van der Waals surface area contributed by atoms with Crippen LogP contribution < -0.4 is 4.74 Å². The van der Waals surface area contributed by atoms with Crippen LogP contribution in [0.25, 0.3) is 0 Å². The molecule has 4 nitrogen and oxygen atoms in total. The molecule has 0 amide bonds. The molecular weight excluding hydrogens is 292 g/mol. The van der Waals surface area contributed by atoms with Crippen LogP contribution in [-0.2, 0) is 9.47 Å². The zero-order chi connectivity index (χ0) is 14.9. The van der Waals surface area contributed by atoms with Crippen LogP contribution in [0.1, 0.15) is 30.9 Å². The van der Waals surface area contributed by atoms with Crippen molar-refractivity contribution in [3.05, 3.63) is 28.8 Å². The molecule has 3 unspecified atom stereocenters. The molecule has 0 aromatic heterocycles. The molecule has 2 aliphatic heterocycles. The minimum absolute atomic E-state index is 0.171. The quantitative estimate of drug-likeness (QED) is 0.932. The third kappa shape index (κ3) is 3.04. The van der Waals surface area contributed by atoms with E-state index in [4.69, 9.17) is 25.8 Å². The van der Waals surface area contributed by atoms with Crippen LogP contribution in [0.4, 0.5) is 0 Å². The summed E-state index contributed by atoms with van der Waals surface area (Å²) in [6.45, 7) is 2.06. The molecule has 1 N–H and O–H groups in total. The van der Waals surface area contributed by atoms with Crippen molar-refractivity contribution in [2.75, 3.05) is 26.9 Å². The average Bonchev–Trinajstić information content (AvgIpc) is 2.94. The molecule has 2 saturated heterocycles. The van der Waals surface area contributed by atoms with E-state index in [0.29, 0.717) is 24.0 Å². The predicted molar refractivity (Wildman–Crippen MR) is 79.8 cm³/mol. The van der Waals surface area contributed by atoms with Crippen LogP contribution in [0.2, 0.25) is 5.02 Å². The molecule has 1 spiro atoms. The topological polar surface area (TPSA) is 47.9 Å². The highest BCUT2D eigenvalue weighted by molar-refractivity contribution is 6.32. The lowest BCUT2D eigenvalue weighted by Gasteiger charge is -2.39. The van der Waals surface area contributed by atoms with Crippen molar-refractivity contribution in [3.8, 4) is 5.75 Å². The van der Waals surface area contributed by atoms with Gasteiger partial charge in [-0.3, -0.25) is 0 Å². The van der Waals surface area contributed by atoms with Crippen molar-refractivity contribution in [1.82, 2.24) is 0 Å². The Kier molecular flexibility index (Phi) is 4.41. The van der Waals surface area contributed by atoms with Crippen LogP contribution in [0, 0.1) is 5.92 Å². The molecule has 21 heavy (non-hydrogen) atoms. The van der Waals surface area contributed by atoms with Crippen LogP contribution in [-0.4, -0.2) is 37.6 Å². The minimum Gasteiger partial charge on any atom is -0.495 e. The maximum absolute atomic E-state index is 10.7. The van der Waals surface area contributed by atoms with Crippen LogP contribution in [0.3, 0.4) is 0 Å². The fourth-order valence-electron chi connectivity index (χ4n) is 3.34. The van der Waals surface area contributed by atoms with Gasteiger partial charge in [-0.25, -0.2) is 0 Å². The molecule has 1 aromatic rings. The summed E-state index contributed by atoms with van der Waals surface area (Å²) in [4.78, 5) is 0. The highest BCUT2D eigenvalue weighted by Gasteiger charge is 2.43. The van der Waals surface area contributed by atoms with E-state index in [9.17, 15) is 5.11 Å². The first-order valence-electron chi connectivity index (χ1n) is 7.37. The molecule has 5 heteroatoms. The fourth-order valence-corrected chi connectivity index (χ4v) is 3.60. The standard InChI is InChI=1S/C16H21ClO4/c1-19-14-3-2-11(8-13(14)17)15(18)12-4-6-21-16(9-12)5-7-20-10-16/h2-3,8,12,15,18H,4-7,9-10H2,1H3. The van der Waals surface area contributed by atoms with E-state index >= 15 is 0 Å². The third-order valence-electron chi connectivity index (χ3n) is 4.56. The van der Waals surface area contributed by atoms with Crippen LogP contribution in [0.5, 0.6) is 5.75 Å². The van der Waals surface area contributed by atoms with Crippen molar-refractivity contribution in [1.29, 1.82) is 0 Å².